The summed E-state index contributed by atoms with van der Waals surface area (Å²) in [5, 5.41) is 10.8. The zero-order chi connectivity index (χ0) is 18.6. The first-order chi connectivity index (χ1) is 11.8. The molecule has 0 N–H and O–H groups in total. The quantitative estimate of drug-likeness (QED) is 0.613. The zero-order valence-corrected chi connectivity index (χ0v) is 16.6. The third-order valence-corrected chi connectivity index (χ3v) is 4.36. The van der Waals surface area contributed by atoms with Gasteiger partial charge < -0.3 is 4.74 Å². The summed E-state index contributed by atoms with van der Waals surface area (Å²) < 4.78 is 6.25. The van der Waals surface area contributed by atoms with Crippen molar-refractivity contribution in [3.05, 3.63) is 52.0 Å². The predicted octanol–water partition coefficient (Wildman–Crippen LogP) is 5.97. The SMILES string of the molecule is CC(C)(C)OC(=O)N(C/C=C/Cl)c1ccc2cc(C#N)ccc2c1Br. The van der Waals surface area contributed by atoms with E-state index in [2.05, 4.69) is 22.0 Å². The van der Waals surface area contributed by atoms with Crippen LogP contribution in [0.3, 0.4) is 0 Å². The largest absolute Gasteiger partial charge is 0.443 e. The molecule has 0 aliphatic rings. The zero-order valence-electron chi connectivity index (χ0n) is 14.2. The number of carbonyl (C=O) groups excluding carboxylic acids is 1. The van der Waals surface area contributed by atoms with Gasteiger partial charge in [-0.15, -0.1) is 0 Å². The molecule has 0 radical (unpaired) electrons. The van der Waals surface area contributed by atoms with E-state index in [-0.39, 0.29) is 6.54 Å². The van der Waals surface area contributed by atoms with Crippen LogP contribution in [0.5, 0.6) is 0 Å². The summed E-state index contributed by atoms with van der Waals surface area (Å²) in [5.74, 6) is 0. The number of anilines is 1. The van der Waals surface area contributed by atoms with Gasteiger partial charge in [-0.3, -0.25) is 4.90 Å². The van der Waals surface area contributed by atoms with Crippen molar-refractivity contribution in [3.63, 3.8) is 0 Å². The molecule has 0 atom stereocenters. The molecule has 0 fully saturated rings. The molecule has 1 amide bonds. The Morgan fingerprint density at radius 2 is 2.08 bits per heavy atom. The molecule has 6 heteroatoms. The molecule has 25 heavy (non-hydrogen) atoms. The molecule has 0 aliphatic carbocycles. The van der Waals surface area contributed by atoms with Crippen molar-refractivity contribution in [2.75, 3.05) is 11.4 Å². The Balaban J connectivity index is 2.51. The third-order valence-electron chi connectivity index (χ3n) is 3.34. The minimum Gasteiger partial charge on any atom is -0.443 e. The molecule has 0 aliphatic heterocycles. The van der Waals surface area contributed by atoms with Crippen LogP contribution < -0.4 is 4.90 Å². The molecular weight excluding hydrogens is 404 g/mol. The van der Waals surface area contributed by atoms with Gasteiger partial charge in [-0.05, 0) is 65.7 Å². The summed E-state index contributed by atoms with van der Waals surface area (Å²) >= 11 is 9.22. The highest BCUT2D eigenvalue weighted by Crippen LogP contribution is 2.35. The second kappa shape index (κ2) is 7.90. The highest BCUT2D eigenvalue weighted by molar-refractivity contribution is 9.10. The van der Waals surface area contributed by atoms with Crippen LogP contribution >= 0.6 is 27.5 Å². The highest BCUT2D eigenvalue weighted by Gasteiger charge is 2.24. The van der Waals surface area contributed by atoms with Crippen molar-refractivity contribution < 1.29 is 9.53 Å². The molecule has 130 valence electrons. The normalized spacial score (nSPS) is 11.5. The average molecular weight is 422 g/mol. The Morgan fingerprint density at radius 1 is 1.36 bits per heavy atom. The smallest absolute Gasteiger partial charge is 0.415 e. The molecular formula is C19H18BrClN2O2. The number of rotatable bonds is 3. The number of fused-ring (bicyclic) bond motifs is 1. The first-order valence-electron chi connectivity index (χ1n) is 7.65. The fourth-order valence-corrected chi connectivity index (χ4v) is 3.08. The van der Waals surface area contributed by atoms with Crippen LogP contribution in [-0.4, -0.2) is 18.2 Å². The molecule has 0 saturated carbocycles. The maximum Gasteiger partial charge on any atom is 0.415 e. The lowest BCUT2D eigenvalue weighted by Crippen LogP contribution is -2.37. The van der Waals surface area contributed by atoms with Crippen molar-refractivity contribution in [2.45, 2.75) is 26.4 Å². The van der Waals surface area contributed by atoms with E-state index in [4.69, 9.17) is 21.6 Å². The van der Waals surface area contributed by atoms with E-state index in [1.165, 1.54) is 10.4 Å². The van der Waals surface area contributed by atoms with Gasteiger partial charge in [-0.1, -0.05) is 29.8 Å². The molecule has 2 aromatic carbocycles. The van der Waals surface area contributed by atoms with Gasteiger partial charge >= 0.3 is 6.09 Å². The first kappa shape index (κ1) is 19.3. The number of hydrogen-bond donors (Lipinski definition) is 0. The monoisotopic (exact) mass is 420 g/mol. The number of ether oxygens (including phenoxy) is 1. The van der Waals surface area contributed by atoms with Crippen molar-refractivity contribution in [3.8, 4) is 6.07 Å². The number of hydrogen-bond acceptors (Lipinski definition) is 3. The van der Waals surface area contributed by atoms with Crippen LogP contribution in [0.1, 0.15) is 26.3 Å². The maximum atomic E-state index is 12.6. The molecule has 2 rings (SSSR count). The molecule has 4 nitrogen and oxygen atoms in total. The second-order valence-electron chi connectivity index (χ2n) is 6.40. The van der Waals surface area contributed by atoms with Crippen molar-refractivity contribution >= 4 is 50.1 Å². The number of amides is 1. The second-order valence-corrected chi connectivity index (χ2v) is 7.44. The average Bonchev–Trinajstić information content (AvgIpc) is 2.55. The summed E-state index contributed by atoms with van der Waals surface area (Å²) in [7, 11) is 0. The summed E-state index contributed by atoms with van der Waals surface area (Å²) in [5.41, 5.74) is 2.01. The number of carbonyl (C=O) groups is 1. The van der Waals surface area contributed by atoms with E-state index in [0.717, 1.165) is 15.2 Å². The van der Waals surface area contributed by atoms with Crippen LogP contribution in [0.2, 0.25) is 0 Å². The van der Waals surface area contributed by atoms with E-state index in [0.29, 0.717) is 11.3 Å². The molecule has 0 bridgehead atoms. The van der Waals surface area contributed by atoms with E-state index >= 15 is 0 Å². The lowest BCUT2D eigenvalue weighted by molar-refractivity contribution is 0.0584. The van der Waals surface area contributed by atoms with Crippen molar-refractivity contribution in [2.24, 2.45) is 0 Å². The Bertz CT molecular complexity index is 866. The maximum absolute atomic E-state index is 12.6. The number of nitrogens with zero attached hydrogens (tertiary/aromatic N) is 2. The van der Waals surface area contributed by atoms with Crippen LogP contribution in [0.25, 0.3) is 10.8 Å². The molecule has 0 aromatic heterocycles. The van der Waals surface area contributed by atoms with Crippen molar-refractivity contribution in [1.82, 2.24) is 0 Å². The fourth-order valence-electron chi connectivity index (χ4n) is 2.29. The molecule has 0 unspecified atom stereocenters. The van der Waals surface area contributed by atoms with Crippen LogP contribution in [-0.2, 0) is 4.74 Å². The van der Waals surface area contributed by atoms with Gasteiger partial charge in [0.15, 0.2) is 0 Å². The Hall–Kier alpha value is -2.03. The van der Waals surface area contributed by atoms with Gasteiger partial charge in [0.2, 0.25) is 0 Å². The Labute approximate surface area is 160 Å². The minimum atomic E-state index is -0.606. The Kier molecular flexibility index (Phi) is 6.10. The van der Waals surface area contributed by atoms with Crippen LogP contribution in [0.15, 0.2) is 46.4 Å². The first-order valence-corrected chi connectivity index (χ1v) is 8.88. The van der Waals surface area contributed by atoms with Gasteiger partial charge in [-0.2, -0.15) is 5.26 Å². The molecule has 2 aromatic rings. The number of benzene rings is 2. The summed E-state index contributed by atoms with van der Waals surface area (Å²) in [6.07, 6.45) is 1.21. The topological polar surface area (TPSA) is 53.3 Å². The van der Waals surface area contributed by atoms with Gasteiger partial charge in [0.1, 0.15) is 5.60 Å². The number of nitriles is 1. The van der Waals surface area contributed by atoms with Gasteiger partial charge in [0.05, 0.1) is 17.3 Å². The van der Waals surface area contributed by atoms with E-state index in [1.54, 1.807) is 18.2 Å². The summed E-state index contributed by atoms with van der Waals surface area (Å²) in [4.78, 5) is 14.1. The van der Waals surface area contributed by atoms with E-state index in [9.17, 15) is 4.79 Å². The van der Waals surface area contributed by atoms with E-state index in [1.807, 2.05) is 39.0 Å². The summed E-state index contributed by atoms with van der Waals surface area (Å²) in [6, 6.07) is 11.2. The van der Waals surface area contributed by atoms with Crippen LogP contribution in [0, 0.1) is 11.3 Å². The fraction of sp³-hybridized carbons (Fsp3) is 0.263. The third kappa shape index (κ3) is 4.75. The van der Waals surface area contributed by atoms with Gasteiger partial charge in [-0.25, -0.2) is 4.79 Å². The standard InChI is InChI=1S/C19H18BrClN2O2/c1-19(2,3)25-18(24)23(10-4-9-21)16-8-6-14-11-13(12-22)5-7-15(14)17(16)20/h4-9,11H,10H2,1-3H3/b9-4+. The van der Waals surface area contributed by atoms with Gasteiger partial charge in [0, 0.05) is 16.6 Å². The lowest BCUT2D eigenvalue weighted by atomic mass is 10.1. The molecule has 0 heterocycles. The number of halogens is 2. The predicted molar refractivity (Wildman–Crippen MR) is 105 cm³/mol. The minimum absolute atomic E-state index is 0.277. The van der Waals surface area contributed by atoms with Gasteiger partial charge in [0.25, 0.3) is 0 Å². The van der Waals surface area contributed by atoms with Crippen LogP contribution in [0.4, 0.5) is 10.5 Å². The summed E-state index contributed by atoms with van der Waals surface area (Å²) in [6.45, 7) is 5.73. The van der Waals surface area contributed by atoms with E-state index < -0.39 is 11.7 Å². The molecule has 0 spiro atoms. The lowest BCUT2D eigenvalue weighted by Gasteiger charge is -2.27. The highest BCUT2D eigenvalue weighted by atomic mass is 79.9. The van der Waals surface area contributed by atoms with Crippen molar-refractivity contribution in [1.29, 1.82) is 5.26 Å². The molecule has 0 saturated heterocycles. The Morgan fingerprint density at radius 3 is 2.68 bits per heavy atom.